The molecule has 0 aliphatic heterocycles. The summed E-state index contributed by atoms with van der Waals surface area (Å²) < 4.78 is 3.10. The van der Waals surface area contributed by atoms with Crippen molar-refractivity contribution in [3.8, 4) is 0 Å². The van der Waals surface area contributed by atoms with E-state index in [0.717, 1.165) is 22.3 Å². The molecule has 0 radical (unpaired) electrons. The average Bonchev–Trinajstić information content (AvgIpc) is 3.18. The Morgan fingerprint density at radius 1 is 1.35 bits per heavy atom. The third-order valence-corrected chi connectivity index (χ3v) is 5.03. The van der Waals surface area contributed by atoms with Gasteiger partial charge in [0.25, 0.3) is 0 Å². The summed E-state index contributed by atoms with van der Waals surface area (Å²) >= 11 is 5.54. The normalized spacial score (nSPS) is 16.9. The number of pyridine rings is 1. The van der Waals surface area contributed by atoms with E-state index in [1.165, 1.54) is 30.2 Å². The molecule has 1 fully saturated rings. The second kappa shape index (κ2) is 4.16. The minimum atomic E-state index is 0.470. The highest BCUT2D eigenvalue weighted by molar-refractivity contribution is 7.71. The summed E-state index contributed by atoms with van der Waals surface area (Å²) in [6.07, 6.45) is 5.77. The van der Waals surface area contributed by atoms with Crippen LogP contribution in [0.3, 0.4) is 0 Å². The molecule has 1 aliphatic rings. The highest BCUT2D eigenvalue weighted by Gasteiger charge is 2.41. The maximum Gasteiger partial charge on any atom is 0.178 e. The van der Waals surface area contributed by atoms with E-state index in [9.17, 15) is 0 Å². The van der Waals surface area contributed by atoms with E-state index in [2.05, 4.69) is 39.7 Å². The number of benzene rings is 1. The van der Waals surface area contributed by atoms with E-state index >= 15 is 0 Å². The Kier molecular flexibility index (Phi) is 2.51. The zero-order chi connectivity index (χ0) is 13.7. The van der Waals surface area contributed by atoms with Gasteiger partial charge in [-0.1, -0.05) is 25.1 Å². The number of hydrogen-bond acceptors (Lipinski definition) is 2. The van der Waals surface area contributed by atoms with Crippen LogP contribution in [0.2, 0.25) is 0 Å². The topological polar surface area (TPSA) is 33.6 Å². The van der Waals surface area contributed by atoms with Crippen molar-refractivity contribution in [2.75, 3.05) is 0 Å². The fourth-order valence-corrected chi connectivity index (χ4v) is 3.35. The quantitative estimate of drug-likeness (QED) is 0.721. The number of rotatable bonds is 3. The zero-order valence-electron chi connectivity index (χ0n) is 11.5. The fourth-order valence-electron chi connectivity index (χ4n) is 3.08. The number of aromatic nitrogens is 3. The SMILES string of the molecule is CCC1(Cn2c(=S)[nH]c3cnc4ccccc4c32)CC1. The number of para-hydroxylation sites is 1. The molecule has 2 heterocycles. The predicted octanol–water partition coefficient (Wildman–Crippen LogP) is 4.44. The second-order valence-corrected chi connectivity index (χ2v) is 6.29. The lowest BCUT2D eigenvalue weighted by Crippen LogP contribution is -2.10. The standard InChI is InChI=1S/C16H17N3S/c1-2-16(7-8-16)10-19-14-11-5-3-4-6-12(11)17-9-13(14)18-15(19)20/h3-6,9H,2,7-8,10H2,1H3,(H,18,20). The van der Waals surface area contributed by atoms with Crippen LogP contribution in [-0.2, 0) is 6.54 Å². The minimum absolute atomic E-state index is 0.470. The van der Waals surface area contributed by atoms with Crippen LogP contribution in [-0.4, -0.2) is 14.5 Å². The molecule has 20 heavy (non-hydrogen) atoms. The molecule has 0 bridgehead atoms. The number of H-pyrrole nitrogens is 1. The Hall–Kier alpha value is -1.68. The molecule has 0 unspecified atom stereocenters. The molecular formula is C16H17N3S. The minimum Gasteiger partial charge on any atom is -0.329 e. The van der Waals surface area contributed by atoms with Crippen LogP contribution in [0.15, 0.2) is 30.5 Å². The smallest absolute Gasteiger partial charge is 0.178 e. The lowest BCUT2D eigenvalue weighted by molar-refractivity contribution is 0.413. The van der Waals surface area contributed by atoms with Crippen molar-refractivity contribution in [2.45, 2.75) is 32.7 Å². The summed E-state index contributed by atoms with van der Waals surface area (Å²) in [6, 6.07) is 8.29. The van der Waals surface area contributed by atoms with Crippen molar-refractivity contribution < 1.29 is 0 Å². The van der Waals surface area contributed by atoms with Gasteiger partial charge in [0.2, 0.25) is 0 Å². The van der Waals surface area contributed by atoms with Gasteiger partial charge in [-0.05, 0) is 43.0 Å². The van der Waals surface area contributed by atoms with Crippen molar-refractivity contribution in [1.82, 2.24) is 14.5 Å². The van der Waals surface area contributed by atoms with E-state index in [-0.39, 0.29) is 0 Å². The summed E-state index contributed by atoms with van der Waals surface area (Å²) in [7, 11) is 0. The molecule has 102 valence electrons. The first kappa shape index (κ1) is 12.1. The number of fused-ring (bicyclic) bond motifs is 3. The van der Waals surface area contributed by atoms with Crippen molar-refractivity contribution in [1.29, 1.82) is 0 Å². The van der Waals surface area contributed by atoms with E-state index in [0.29, 0.717) is 5.41 Å². The molecule has 3 nitrogen and oxygen atoms in total. The van der Waals surface area contributed by atoms with E-state index in [4.69, 9.17) is 12.2 Å². The van der Waals surface area contributed by atoms with Crippen molar-refractivity contribution >= 4 is 34.2 Å². The molecular weight excluding hydrogens is 266 g/mol. The van der Waals surface area contributed by atoms with Gasteiger partial charge in [-0.2, -0.15) is 0 Å². The maximum atomic E-state index is 5.54. The van der Waals surface area contributed by atoms with Gasteiger partial charge in [-0.15, -0.1) is 0 Å². The summed E-state index contributed by atoms with van der Waals surface area (Å²) in [5.74, 6) is 0. The molecule has 4 heteroatoms. The predicted molar refractivity (Wildman–Crippen MR) is 84.4 cm³/mol. The first-order valence-electron chi connectivity index (χ1n) is 7.19. The number of aromatic amines is 1. The number of nitrogens with zero attached hydrogens (tertiary/aromatic N) is 2. The van der Waals surface area contributed by atoms with Crippen LogP contribution in [0, 0.1) is 10.2 Å². The second-order valence-electron chi connectivity index (χ2n) is 5.91. The molecule has 0 atom stereocenters. The van der Waals surface area contributed by atoms with E-state index < -0.39 is 0 Å². The van der Waals surface area contributed by atoms with Crippen LogP contribution < -0.4 is 0 Å². The summed E-state index contributed by atoms with van der Waals surface area (Å²) in [5, 5.41) is 1.18. The Bertz CT molecular complexity index is 855. The highest BCUT2D eigenvalue weighted by Crippen LogP contribution is 2.50. The molecule has 0 amide bonds. The Labute approximate surface area is 122 Å². The molecule has 1 aromatic carbocycles. The van der Waals surface area contributed by atoms with Crippen molar-refractivity contribution in [3.05, 3.63) is 35.2 Å². The number of imidazole rings is 1. The third kappa shape index (κ3) is 1.71. The van der Waals surface area contributed by atoms with Gasteiger partial charge in [0.15, 0.2) is 4.77 Å². The van der Waals surface area contributed by atoms with Crippen molar-refractivity contribution in [3.63, 3.8) is 0 Å². The van der Waals surface area contributed by atoms with E-state index in [1.54, 1.807) is 0 Å². The number of hydrogen-bond donors (Lipinski definition) is 1. The molecule has 0 spiro atoms. The Balaban J connectivity index is 2.01. The van der Waals surface area contributed by atoms with Gasteiger partial charge >= 0.3 is 0 Å². The van der Waals surface area contributed by atoms with Crippen LogP contribution in [0.25, 0.3) is 21.9 Å². The largest absolute Gasteiger partial charge is 0.329 e. The molecule has 1 saturated carbocycles. The highest BCUT2D eigenvalue weighted by atomic mass is 32.1. The zero-order valence-corrected chi connectivity index (χ0v) is 12.3. The molecule has 3 aromatic rings. The first-order valence-corrected chi connectivity index (χ1v) is 7.59. The van der Waals surface area contributed by atoms with Gasteiger partial charge < -0.3 is 9.55 Å². The van der Waals surface area contributed by atoms with Gasteiger partial charge in [0.1, 0.15) is 0 Å². The van der Waals surface area contributed by atoms with Gasteiger partial charge in [-0.25, -0.2) is 0 Å². The van der Waals surface area contributed by atoms with Crippen LogP contribution in [0.4, 0.5) is 0 Å². The molecule has 2 aromatic heterocycles. The van der Waals surface area contributed by atoms with Crippen molar-refractivity contribution in [2.24, 2.45) is 5.41 Å². The van der Waals surface area contributed by atoms with Crippen LogP contribution in [0.1, 0.15) is 26.2 Å². The Morgan fingerprint density at radius 3 is 2.90 bits per heavy atom. The number of nitrogens with one attached hydrogen (secondary N) is 1. The van der Waals surface area contributed by atoms with E-state index in [1.807, 2.05) is 12.3 Å². The molecule has 1 aliphatic carbocycles. The van der Waals surface area contributed by atoms with Gasteiger partial charge in [-0.3, -0.25) is 4.98 Å². The average molecular weight is 283 g/mol. The van der Waals surface area contributed by atoms with Crippen LogP contribution >= 0.6 is 12.2 Å². The van der Waals surface area contributed by atoms with Crippen LogP contribution in [0.5, 0.6) is 0 Å². The van der Waals surface area contributed by atoms with Gasteiger partial charge in [0.05, 0.1) is 22.7 Å². The molecule has 4 rings (SSSR count). The lowest BCUT2D eigenvalue weighted by atomic mass is 10.0. The maximum absolute atomic E-state index is 5.54. The summed E-state index contributed by atoms with van der Waals surface area (Å²) in [6.45, 7) is 3.31. The summed E-state index contributed by atoms with van der Waals surface area (Å²) in [4.78, 5) is 7.81. The molecule has 1 N–H and O–H groups in total. The molecule has 0 saturated heterocycles. The Morgan fingerprint density at radius 2 is 2.15 bits per heavy atom. The third-order valence-electron chi connectivity index (χ3n) is 4.70. The summed E-state index contributed by atoms with van der Waals surface area (Å²) in [5.41, 5.74) is 3.75. The fraction of sp³-hybridized carbons (Fsp3) is 0.375. The lowest BCUT2D eigenvalue weighted by Gasteiger charge is -2.14. The van der Waals surface area contributed by atoms with Gasteiger partial charge in [0, 0.05) is 11.9 Å². The first-order chi connectivity index (χ1) is 9.72. The monoisotopic (exact) mass is 283 g/mol.